The van der Waals surface area contributed by atoms with Crippen LogP contribution in [-0.2, 0) is 4.79 Å². The molecule has 0 bridgehead atoms. The van der Waals surface area contributed by atoms with E-state index in [9.17, 15) is 9.59 Å². The summed E-state index contributed by atoms with van der Waals surface area (Å²) in [6, 6.07) is -0.680. The zero-order valence-corrected chi connectivity index (χ0v) is 7.00. The van der Waals surface area contributed by atoms with Gasteiger partial charge in [-0.15, -0.1) is 0 Å². The lowest BCUT2D eigenvalue weighted by molar-refractivity contribution is -0.121. The predicted octanol–water partition coefficient (Wildman–Crippen LogP) is -0.731. The first-order valence-electron chi connectivity index (χ1n) is 3.49. The van der Waals surface area contributed by atoms with Gasteiger partial charge in [-0.3, -0.25) is 10.2 Å². The predicted molar refractivity (Wildman–Crippen MR) is 42.1 cm³/mol. The van der Waals surface area contributed by atoms with Gasteiger partial charge in [-0.2, -0.15) is 0 Å². The number of hydrogen-bond acceptors (Lipinski definition) is 3. The molecule has 6 nitrogen and oxygen atoms in total. The number of amides is 2. The van der Waals surface area contributed by atoms with Crippen molar-refractivity contribution in [2.75, 3.05) is 0 Å². The van der Waals surface area contributed by atoms with Crippen molar-refractivity contribution in [1.82, 2.24) is 10.9 Å². The van der Waals surface area contributed by atoms with Crippen molar-refractivity contribution >= 4 is 12.0 Å². The van der Waals surface area contributed by atoms with E-state index in [1.165, 1.54) is 0 Å². The molecule has 0 aromatic heterocycles. The molecule has 0 aromatic rings. The molecule has 6 heteroatoms. The van der Waals surface area contributed by atoms with Gasteiger partial charge in [-0.25, -0.2) is 10.2 Å². The first kappa shape index (κ1) is 10.7. The molecule has 0 spiro atoms. The zero-order valence-electron chi connectivity index (χ0n) is 7.00. The van der Waals surface area contributed by atoms with E-state index >= 15 is 0 Å². The molecule has 0 saturated heterocycles. The molecular weight excluding hydrogens is 162 g/mol. The number of hydrogen-bond donors (Lipinski definition) is 4. The molecule has 0 aliphatic carbocycles. The van der Waals surface area contributed by atoms with E-state index in [1.54, 1.807) is 13.8 Å². The standard InChI is InChI=1S/C6H13N3O3/c1-3(2)4(5(7)10)8-9-6(11)12/h3-4,8-9H,1-2H3,(H2,7,10)(H,11,12)/t4-/m0/s1. The van der Waals surface area contributed by atoms with Crippen LogP contribution in [0.5, 0.6) is 0 Å². The summed E-state index contributed by atoms with van der Waals surface area (Å²) in [5, 5.41) is 8.20. The summed E-state index contributed by atoms with van der Waals surface area (Å²) in [6.45, 7) is 3.51. The molecule has 0 unspecified atom stereocenters. The Morgan fingerprint density at radius 3 is 2.17 bits per heavy atom. The van der Waals surface area contributed by atoms with Crippen LogP contribution in [0.25, 0.3) is 0 Å². The molecule has 70 valence electrons. The molecule has 0 aromatic carbocycles. The molecule has 1 atom stereocenters. The molecule has 0 aliphatic heterocycles. The van der Waals surface area contributed by atoms with E-state index < -0.39 is 18.0 Å². The van der Waals surface area contributed by atoms with Gasteiger partial charge in [0.15, 0.2) is 0 Å². The van der Waals surface area contributed by atoms with Crippen LogP contribution in [0.1, 0.15) is 13.8 Å². The van der Waals surface area contributed by atoms with Crippen LogP contribution in [0.2, 0.25) is 0 Å². The lowest BCUT2D eigenvalue weighted by atomic mass is 10.1. The Bertz CT molecular complexity index is 181. The number of carbonyl (C=O) groups excluding carboxylic acids is 1. The fraction of sp³-hybridized carbons (Fsp3) is 0.667. The second-order valence-electron chi connectivity index (χ2n) is 2.70. The van der Waals surface area contributed by atoms with Gasteiger partial charge in [0, 0.05) is 0 Å². The second kappa shape index (κ2) is 4.55. The monoisotopic (exact) mass is 175 g/mol. The summed E-state index contributed by atoms with van der Waals surface area (Å²) in [6.07, 6.45) is -1.25. The number of rotatable bonds is 4. The molecule has 0 saturated carbocycles. The quantitative estimate of drug-likeness (QED) is 0.423. The number of hydrazine groups is 1. The van der Waals surface area contributed by atoms with Crippen LogP contribution in [0.4, 0.5) is 4.79 Å². The summed E-state index contributed by atoms with van der Waals surface area (Å²) in [5.41, 5.74) is 9.16. The summed E-state index contributed by atoms with van der Waals surface area (Å²) < 4.78 is 0. The summed E-state index contributed by atoms with van der Waals surface area (Å²) in [4.78, 5) is 20.7. The Balaban J connectivity index is 3.97. The van der Waals surface area contributed by atoms with Crippen molar-refractivity contribution in [2.24, 2.45) is 11.7 Å². The number of carboxylic acid groups (broad SMARTS) is 1. The minimum Gasteiger partial charge on any atom is -0.464 e. The highest BCUT2D eigenvalue weighted by Gasteiger charge is 2.19. The van der Waals surface area contributed by atoms with E-state index in [2.05, 4.69) is 5.43 Å². The summed E-state index contributed by atoms with van der Waals surface area (Å²) in [7, 11) is 0. The third-order valence-corrected chi connectivity index (χ3v) is 1.31. The minimum absolute atomic E-state index is 0.0608. The van der Waals surface area contributed by atoms with Gasteiger partial charge in [0.2, 0.25) is 5.91 Å². The Kier molecular flexibility index (Phi) is 4.06. The minimum atomic E-state index is -1.25. The molecule has 0 rings (SSSR count). The largest absolute Gasteiger partial charge is 0.464 e. The van der Waals surface area contributed by atoms with Crippen LogP contribution in [0.15, 0.2) is 0 Å². The van der Waals surface area contributed by atoms with Crippen LogP contribution >= 0.6 is 0 Å². The average Bonchev–Trinajstić information content (AvgIpc) is 1.84. The van der Waals surface area contributed by atoms with E-state index in [0.717, 1.165) is 0 Å². The molecule has 0 fully saturated rings. The highest BCUT2D eigenvalue weighted by atomic mass is 16.4. The van der Waals surface area contributed by atoms with Crippen molar-refractivity contribution in [1.29, 1.82) is 0 Å². The summed E-state index contributed by atoms with van der Waals surface area (Å²) in [5.74, 6) is -0.645. The van der Waals surface area contributed by atoms with E-state index in [4.69, 9.17) is 10.8 Å². The molecule has 0 heterocycles. The fourth-order valence-corrected chi connectivity index (χ4v) is 0.706. The Morgan fingerprint density at radius 2 is 1.92 bits per heavy atom. The molecule has 2 amide bonds. The van der Waals surface area contributed by atoms with Gasteiger partial charge in [0.1, 0.15) is 6.04 Å². The lowest BCUT2D eigenvalue weighted by Gasteiger charge is -2.17. The third-order valence-electron chi connectivity index (χ3n) is 1.31. The first-order valence-corrected chi connectivity index (χ1v) is 3.49. The van der Waals surface area contributed by atoms with Crippen molar-refractivity contribution in [3.05, 3.63) is 0 Å². The van der Waals surface area contributed by atoms with Crippen molar-refractivity contribution < 1.29 is 14.7 Å². The molecule has 5 N–H and O–H groups in total. The topological polar surface area (TPSA) is 104 Å². The molecule has 12 heavy (non-hydrogen) atoms. The highest BCUT2D eigenvalue weighted by molar-refractivity contribution is 5.80. The van der Waals surface area contributed by atoms with Gasteiger partial charge >= 0.3 is 6.09 Å². The fourth-order valence-electron chi connectivity index (χ4n) is 0.706. The maximum atomic E-state index is 10.7. The highest BCUT2D eigenvalue weighted by Crippen LogP contribution is 1.98. The van der Waals surface area contributed by atoms with E-state index in [0.29, 0.717) is 0 Å². The third kappa shape index (κ3) is 3.77. The Morgan fingerprint density at radius 1 is 1.42 bits per heavy atom. The number of nitrogens with one attached hydrogen (secondary N) is 2. The van der Waals surface area contributed by atoms with Crippen LogP contribution in [0.3, 0.4) is 0 Å². The van der Waals surface area contributed by atoms with E-state index in [1.807, 2.05) is 5.43 Å². The van der Waals surface area contributed by atoms with Gasteiger partial charge < -0.3 is 10.8 Å². The van der Waals surface area contributed by atoms with Gasteiger partial charge in [-0.1, -0.05) is 13.8 Å². The first-order chi connectivity index (χ1) is 5.45. The van der Waals surface area contributed by atoms with Crippen LogP contribution in [0, 0.1) is 5.92 Å². The van der Waals surface area contributed by atoms with E-state index in [-0.39, 0.29) is 5.92 Å². The van der Waals surface area contributed by atoms with Crippen LogP contribution < -0.4 is 16.6 Å². The smallest absolute Gasteiger partial charge is 0.419 e. The number of nitrogens with two attached hydrogens (primary N) is 1. The Hall–Kier alpha value is -1.30. The SMILES string of the molecule is CC(C)[C@H](NNC(=O)O)C(N)=O. The van der Waals surface area contributed by atoms with Crippen molar-refractivity contribution in [2.45, 2.75) is 19.9 Å². The Labute approximate surface area is 70.1 Å². The van der Waals surface area contributed by atoms with Crippen molar-refractivity contribution in [3.63, 3.8) is 0 Å². The molecular formula is C6H13N3O3. The maximum Gasteiger partial charge on any atom is 0.419 e. The van der Waals surface area contributed by atoms with Gasteiger partial charge in [-0.05, 0) is 5.92 Å². The molecule has 0 aliphatic rings. The average molecular weight is 175 g/mol. The maximum absolute atomic E-state index is 10.7. The normalized spacial score (nSPS) is 12.6. The summed E-state index contributed by atoms with van der Waals surface area (Å²) >= 11 is 0. The van der Waals surface area contributed by atoms with Crippen LogP contribution in [-0.4, -0.2) is 23.1 Å². The lowest BCUT2D eigenvalue weighted by Crippen LogP contribution is -2.52. The van der Waals surface area contributed by atoms with Gasteiger partial charge in [0.05, 0.1) is 0 Å². The van der Waals surface area contributed by atoms with Gasteiger partial charge in [0.25, 0.3) is 0 Å². The molecule has 0 radical (unpaired) electrons. The number of primary amides is 1. The number of carbonyl (C=O) groups is 2. The van der Waals surface area contributed by atoms with Crippen molar-refractivity contribution in [3.8, 4) is 0 Å². The zero-order chi connectivity index (χ0) is 9.72. The second-order valence-corrected chi connectivity index (χ2v) is 2.70.